The molecule has 2 aliphatic carbocycles. The Bertz CT molecular complexity index is 1520. The summed E-state index contributed by atoms with van der Waals surface area (Å²) < 4.78 is 13.3. The maximum Gasteiger partial charge on any atom is 0.161 e. The van der Waals surface area contributed by atoms with Gasteiger partial charge in [-0.3, -0.25) is 0 Å². The van der Waals surface area contributed by atoms with Gasteiger partial charge in [-0.25, -0.2) is 0 Å². The number of hydrogen-bond acceptors (Lipinski definition) is 4. The fourth-order valence-corrected chi connectivity index (χ4v) is 9.35. The van der Waals surface area contributed by atoms with E-state index in [-0.39, 0.29) is 11.0 Å². The fourth-order valence-electron chi connectivity index (χ4n) is 9.35. The Morgan fingerprint density at radius 2 is 1.35 bits per heavy atom. The normalized spacial score (nSPS) is 25.5. The highest BCUT2D eigenvalue weighted by molar-refractivity contribution is 5.53. The smallest absolute Gasteiger partial charge is 0.161 e. The van der Waals surface area contributed by atoms with Crippen LogP contribution in [-0.4, -0.2) is 25.6 Å². The third kappa shape index (κ3) is 7.02. The zero-order chi connectivity index (χ0) is 33.5. The van der Waals surface area contributed by atoms with Gasteiger partial charge in [0.15, 0.2) is 6.73 Å². The highest BCUT2D eigenvalue weighted by Gasteiger charge is 2.53. The molecular formula is C44H60N2O2. The van der Waals surface area contributed by atoms with E-state index in [0.717, 1.165) is 43.8 Å². The number of nitrogens with zero attached hydrogens (tertiary/aromatic N) is 2. The first-order valence-corrected chi connectivity index (χ1v) is 19.1. The molecule has 3 aromatic carbocycles. The van der Waals surface area contributed by atoms with Crippen molar-refractivity contribution in [2.75, 3.05) is 29.8 Å². The van der Waals surface area contributed by atoms with Gasteiger partial charge in [0.2, 0.25) is 0 Å². The van der Waals surface area contributed by atoms with Gasteiger partial charge in [-0.05, 0) is 114 Å². The Morgan fingerprint density at radius 3 is 1.98 bits per heavy atom. The lowest BCUT2D eigenvalue weighted by Gasteiger charge is -2.57. The number of benzene rings is 3. The van der Waals surface area contributed by atoms with Crippen LogP contribution in [0.1, 0.15) is 122 Å². The Hall–Kier alpha value is -2.98. The molecule has 4 nitrogen and oxygen atoms in total. The topological polar surface area (TPSA) is 24.9 Å². The van der Waals surface area contributed by atoms with Gasteiger partial charge in [0.05, 0.1) is 5.60 Å². The lowest BCUT2D eigenvalue weighted by atomic mass is 9.59. The van der Waals surface area contributed by atoms with E-state index in [1.807, 2.05) is 0 Å². The quantitative estimate of drug-likeness (QED) is 0.257. The molecule has 0 radical (unpaired) electrons. The lowest BCUT2D eigenvalue weighted by molar-refractivity contribution is -0.179. The monoisotopic (exact) mass is 648 g/mol. The van der Waals surface area contributed by atoms with Crippen molar-refractivity contribution in [1.29, 1.82) is 0 Å². The van der Waals surface area contributed by atoms with E-state index >= 15 is 0 Å². The summed E-state index contributed by atoms with van der Waals surface area (Å²) >= 11 is 0. The maximum atomic E-state index is 7.13. The van der Waals surface area contributed by atoms with Crippen LogP contribution in [0.4, 0.5) is 11.4 Å². The van der Waals surface area contributed by atoms with Crippen LogP contribution < -0.4 is 14.5 Å². The van der Waals surface area contributed by atoms with E-state index in [1.54, 1.807) is 0 Å². The summed E-state index contributed by atoms with van der Waals surface area (Å²) in [4.78, 5) is 4.86. The molecule has 3 unspecified atom stereocenters. The van der Waals surface area contributed by atoms with Crippen LogP contribution in [0, 0.1) is 23.2 Å². The van der Waals surface area contributed by atoms with Crippen molar-refractivity contribution < 1.29 is 9.47 Å². The molecule has 2 saturated carbocycles. The second kappa shape index (κ2) is 13.4. The number of rotatable bonds is 5. The molecule has 3 atom stereocenters. The van der Waals surface area contributed by atoms with Crippen molar-refractivity contribution in [3.63, 3.8) is 0 Å². The van der Waals surface area contributed by atoms with Crippen LogP contribution in [0.25, 0.3) is 0 Å². The van der Waals surface area contributed by atoms with Crippen molar-refractivity contribution >= 4 is 11.4 Å². The minimum atomic E-state index is 0.0910. The van der Waals surface area contributed by atoms with Gasteiger partial charge in [-0.15, -0.1) is 0 Å². The van der Waals surface area contributed by atoms with E-state index in [0.29, 0.717) is 18.1 Å². The largest absolute Gasteiger partial charge is 0.473 e. The van der Waals surface area contributed by atoms with Crippen LogP contribution in [-0.2, 0) is 23.1 Å². The Kier molecular flexibility index (Phi) is 9.34. The Morgan fingerprint density at radius 1 is 0.708 bits per heavy atom. The summed E-state index contributed by atoms with van der Waals surface area (Å²) in [6, 6.07) is 25.1. The molecule has 2 heterocycles. The lowest BCUT2D eigenvalue weighted by Crippen LogP contribution is -2.60. The highest BCUT2D eigenvalue weighted by Crippen LogP contribution is 2.53. The zero-order valence-corrected chi connectivity index (χ0v) is 30.7. The average Bonchev–Trinajstić information content (AvgIpc) is 3.38. The van der Waals surface area contributed by atoms with Crippen LogP contribution in [0.5, 0.6) is 5.75 Å². The van der Waals surface area contributed by atoms with Crippen molar-refractivity contribution in [2.45, 2.75) is 123 Å². The molecule has 258 valence electrons. The first-order chi connectivity index (χ1) is 23.0. The molecule has 0 bridgehead atoms. The van der Waals surface area contributed by atoms with E-state index in [9.17, 15) is 0 Å². The first-order valence-electron chi connectivity index (χ1n) is 19.1. The van der Waals surface area contributed by atoms with Crippen molar-refractivity contribution in [3.05, 3.63) is 89.0 Å². The predicted molar refractivity (Wildman–Crippen MR) is 200 cm³/mol. The highest BCUT2D eigenvalue weighted by atomic mass is 16.5. The summed E-state index contributed by atoms with van der Waals surface area (Å²) in [6.07, 6.45) is 13.1. The summed E-state index contributed by atoms with van der Waals surface area (Å²) in [5.74, 6) is 3.15. The van der Waals surface area contributed by atoms with Gasteiger partial charge in [-0.2, -0.15) is 0 Å². The second-order valence-corrected chi connectivity index (χ2v) is 17.7. The van der Waals surface area contributed by atoms with Gasteiger partial charge in [-0.1, -0.05) is 97.6 Å². The minimum absolute atomic E-state index is 0.0910. The van der Waals surface area contributed by atoms with Crippen LogP contribution >= 0.6 is 0 Å². The SMILES string of the molecule is CC(C)(C)c1ccc2c(c1)CN(c1ccc(Cc3ccc(N4COC5(C6CCCCCC6)CCC(C(C)(C)C)CC5C4)cc3)cc1)CO2. The Labute approximate surface area is 291 Å². The third-order valence-corrected chi connectivity index (χ3v) is 12.5. The minimum Gasteiger partial charge on any atom is -0.473 e. The molecule has 1 saturated heterocycles. The van der Waals surface area contributed by atoms with E-state index in [2.05, 4.69) is 118 Å². The maximum absolute atomic E-state index is 7.13. The molecule has 2 aliphatic heterocycles. The van der Waals surface area contributed by atoms with E-state index in [4.69, 9.17) is 9.47 Å². The van der Waals surface area contributed by atoms with Crippen molar-refractivity contribution in [1.82, 2.24) is 0 Å². The number of hydrogen-bond donors (Lipinski definition) is 0. The standard InChI is InChI=1S/C44H60N2O2/c1-42(2,3)36-17-22-41-34(26-36)28-45(30-47-41)39-18-13-32(14-19-39)25-33-15-20-40(21-16-33)46-29-38-27-37(43(4,5)6)23-24-44(38,48-31-46)35-11-9-7-8-10-12-35/h13-22,26,35,37-38H,7-12,23-25,27-31H2,1-6H3. The van der Waals surface area contributed by atoms with Gasteiger partial charge in [0, 0.05) is 35.9 Å². The molecule has 7 rings (SSSR count). The number of anilines is 2. The van der Waals surface area contributed by atoms with Crippen LogP contribution in [0.2, 0.25) is 0 Å². The zero-order valence-electron chi connectivity index (χ0n) is 30.7. The molecule has 4 heteroatoms. The fraction of sp³-hybridized carbons (Fsp3) is 0.591. The summed E-state index contributed by atoms with van der Waals surface area (Å²) in [7, 11) is 0. The third-order valence-electron chi connectivity index (χ3n) is 12.5. The summed E-state index contributed by atoms with van der Waals surface area (Å²) in [6.45, 7) is 17.5. The van der Waals surface area contributed by atoms with Gasteiger partial charge in [0.1, 0.15) is 12.5 Å². The van der Waals surface area contributed by atoms with Crippen LogP contribution in [0.15, 0.2) is 66.7 Å². The van der Waals surface area contributed by atoms with Gasteiger partial charge in [0.25, 0.3) is 0 Å². The summed E-state index contributed by atoms with van der Waals surface area (Å²) in [5.41, 5.74) is 8.41. The van der Waals surface area contributed by atoms with Crippen molar-refractivity contribution in [2.24, 2.45) is 23.2 Å². The molecule has 48 heavy (non-hydrogen) atoms. The predicted octanol–water partition coefficient (Wildman–Crippen LogP) is 10.9. The molecular weight excluding hydrogens is 588 g/mol. The number of fused-ring (bicyclic) bond motifs is 2. The molecule has 0 aromatic heterocycles. The number of ether oxygens (including phenoxy) is 2. The average molecular weight is 649 g/mol. The van der Waals surface area contributed by atoms with Crippen LogP contribution in [0.3, 0.4) is 0 Å². The van der Waals surface area contributed by atoms with Gasteiger partial charge < -0.3 is 19.3 Å². The molecule has 0 spiro atoms. The van der Waals surface area contributed by atoms with Crippen molar-refractivity contribution in [3.8, 4) is 5.75 Å². The molecule has 0 amide bonds. The van der Waals surface area contributed by atoms with Gasteiger partial charge >= 0.3 is 0 Å². The van der Waals surface area contributed by atoms with E-state index in [1.165, 1.54) is 91.4 Å². The summed E-state index contributed by atoms with van der Waals surface area (Å²) in [5, 5.41) is 0. The van der Waals surface area contributed by atoms with E-state index < -0.39 is 0 Å². The second-order valence-electron chi connectivity index (χ2n) is 17.7. The molecule has 0 N–H and O–H groups in total. The molecule has 3 fully saturated rings. The first kappa shape index (κ1) is 33.5. The molecule has 3 aromatic rings. The Balaban J connectivity index is 0.998. The molecule has 4 aliphatic rings.